The molecular weight excluding hydrogens is 364 g/mol. The molecule has 7 nitrogen and oxygen atoms in total. The van der Waals surface area contributed by atoms with Crippen molar-refractivity contribution in [2.75, 3.05) is 26.9 Å². The summed E-state index contributed by atoms with van der Waals surface area (Å²) in [5.41, 5.74) is 1.36. The van der Waals surface area contributed by atoms with Crippen LogP contribution in [0.2, 0.25) is 0 Å². The zero-order chi connectivity index (χ0) is 20.1. The van der Waals surface area contributed by atoms with Crippen LogP contribution in [-0.4, -0.2) is 44.5 Å². The van der Waals surface area contributed by atoms with Crippen LogP contribution in [0.1, 0.15) is 33.2 Å². The molecule has 0 bridgehead atoms. The van der Waals surface area contributed by atoms with Gasteiger partial charge >= 0.3 is 5.97 Å². The van der Waals surface area contributed by atoms with Gasteiger partial charge in [0.25, 0.3) is 0 Å². The Morgan fingerprint density at radius 3 is 2.39 bits per heavy atom. The molecule has 0 unspecified atom stereocenters. The largest absolute Gasteiger partial charge is 0.496 e. The third kappa shape index (κ3) is 4.49. The van der Waals surface area contributed by atoms with E-state index in [1.165, 1.54) is 14.0 Å². The van der Waals surface area contributed by atoms with E-state index in [1.807, 2.05) is 0 Å². The van der Waals surface area contributed by atoms with Crippen molar-refractivity contribution >= 4 is 17.5 Å². The molecule has 1 aliphatic heterocycles. The minimum atomic E-state index is -0.593. The van der Waals surface area contributed by atoms with Gasteiger partial charge in [-0.15, -0.1) is 0 Å². The highest BCUT2D eigenvalue weighted by atomic mass is 16.6. The molecule has 0 radical (unpaired) electrons. The summed E-state index contributed by atoms with van der Waals surface area (Å²) in [6.45, 7) is 1.93. The molecule has 0 spiro atoms. The number of esters is 1. The van der Waals surface area contributed by atoms with Gasteiger partial charge in [-0.05, 0) is 43.3 Å². The average molecular weight is 384 g/mol. The Kier molecular flexibility index (Phi) is 5.93. The summed E-state index contributed by atoms with van der Waals surface area (Å²) in [6.07, 6.45) is -0.112. The van der Waals surface area contributed by atoms with Gasteiger partial charge < -0.3 is 18.9 Å². The molecule has 1 heterocycles. The van der Waals surface area contributed by atoms with Crippen LogP contribution in [-0.2, 0) is 16.0 Å². The molecule has 0 N–H and O–H groups in total. The zero-order valence-electron chi connectivity index (χ0n) is 15.7. The van der Waals surface area contributed by atoms with Crippen LogP contribution < -0.4 is 14.2 Å². The van der Waals surface area contributed by atoms with Crippen LogP contribution in [0.15, 0.2) is 36.4 Å². The summed E-state index contributed by atoms with van der Waals surface area (Å²) in [6, 6.07) is 9.67. The number of fused-ring (bicyclic) bond motifs is 1. The van der Waals surface area contributed by atoms with Gasteiger partial charge in [-0.25, -0.2) is 0 Å². The van der Waals surface area contributed by atoms with Gasteiger partial charge in [0.15, 0.2) is 29.7 Å². The zero-order valence-corrected chi connectivity index (χ0v) is 15.7. The van der Waals surface area contributed by atoms with Crippen molar-refractivity contribution in [2.45, 2.75) is 13.3 Å². The molecule has 0 fully saturated rings. The second-order valence-corrected chi connectivity index (χ2v) is 6.20. The topological polar surface area (TPSA) is 88.1 Å². The number of methoxy groups -OCH3 is 1. The fourth-order valence-electron chi connectivity index (χ4n) is 2.79. The molecule has 0 saturated carbocycles. The van der Waals surface area contributed by atoms with Crippen LogP contribution in [0.3, 0.4) is 0 Å². The predicted molar refractivity (Wildman–Crippen MR) is 99.4 cm³/mol. The maximum absolute atomic E-state index is 12.3. The fraction of sp³-hybridized carbons (Fsp3) is 0.286. The first-order valence-electron chi connectivity index (χ1n) is 8.74. The SMILES string of the molecule is COc1ccc(C(C)=O)cc1CC(=O)OCC(=O)c1ccc2c(c1)OCCO2. The van der Waals surface area contributed by atoms with E-state index in [2.05, 4.69) is 0 Å². The number of carbonyl (C=O) groups is 3. The van der Waals surface area contributed by atoms with E-state index in [4.69, 9.17) is 18.9 Å². The van der Waals surface area contributed by atoms with E-state index in [0.29, 0.717) is 47.2 Å². The number of ether oxygens (including phenoxy) is 4. The smallest absolute Gasteiger partial charge is 0.310 e. The lowest BCUT2D eigenvalue weighted by molar-refractivity contribution is -0.141. The standard InChI is InChI=1S/C21H20O7/c1-13(22)14-3-5-18(25-2)16(9-14)11-21(24)28-12-17(23)15-4-6-19-20(10-15)27-8-7-26-19/h3-6,9-10H,7-8,11-12H2,1-2H3. The first-order valence-corrected chi connectivity index (χ1v) is 8.74. The highest BCUT2D eigenvalue weighted by Crippen LogP contribution is 2.30. The number of benzene rings is 2. The molecule has 7 heteroatoms. The molecule has 0 saturated heterocycles. The van der Waals surface area contributed by atoms with Gasteiger partial charge in [0.1, 0.15) is 19.0 Å². The van der Waals surface area contributed by atoms with Crippen molar-refractivity contribution in [3.63, 3.8) is 0 Å². The Hall–Kier alpha value is -3.35. The van der Waals surface area contributed by atoms with Gasteiger partial charge in [0.05, 0.1) is 13.5 Å². The lowest BCUT2D eigenvalue weighted by Crippen LogP contribution is -2.18. The summed E-state index contributed by atoms with van der Waals surface area (Å²) in [5, 5.41) is 0. The maximum atomic E-state index is 12.3. The second kappa shape index (κ2) is 8.56. The van der Waals surface area contributed by atoms with Crippen molar-refractivity contribution in [2.24, 2.45) is 0 Å². The Balaban J connectivity index is 1.62. The van der Waals surface area contributed by atoms with E-state index in [-0.39, 0.29) is 18.0 Å². The number of Topliss-reactive ketones (excluding diaryl/α,β-unsaturated/α-hetero) is 2. The Morgan fingerprint density at radius 2 is 1.68 bits per heavy atom. The molecule has 28 heavy (non-hydrogen) atoms. The summed E-state index contributed by atoms with van der Waals surface area (Å²) in [5.74, 6) is 0.484. The average Bonchev–Trinajstić information content (AvgIpc) is 2.71. The van der Waals surface area contributed by atoms with Crippen LogP contribution in [0.4, 0.5) is 0 Å². The van der Waals surface area contributed by atoms with Gasteiger partial charge in [-0.1, -0.05) is 0 Å². The first-order chi connectivity index (χ1) is 13.5. The van der Waals surface area contributed by atoms with Crippen molar-refractivity contribution in [1.82, 2.24) is 0 Å². The number of carbonyl (C=O) groups excluding carboxylic acids is 3. The molecule has 3 rings (SSSR count). The molecule has 2 aromatic carbocycles. The van der Waals surface area contributed by atoms with E-state index in [0.717, 1.165) is 0 Å². The van der Waals surface area contributed by atoms with Gasteiger partial charge in [-0.2, -0.15) is 0 Å². The van der Waals surface area contributed by atoms with Crippen molar-refractivity contribution < 1.29 is 33.3 Å². The molecule has 146 valence electrons. The normalized spacial score (nSPS) is 12.2. The van der Waals surface area contributed by atoms with Gasteiger partial charge in [0.2, 0.25) is 0 Å². The molecule has 0 aromatic heterocycles. The number of hydrogen-bond acceptors (Lipinski definition) is 7. The second-order valence-electron chi connectivity index (χ2n) is 6.20. The molecule has 0 aliphatic carbocycles. The lowest BCUT2D eigenvalue weighted by atomic mass is 10.0. The van der Waals surface area contributed by atoms with Crippen LogP contribution in [0, 0.1) is 0 Å². The highest BCUT2D eigenvalue weighted by molar-refractivity contribution is 5.98. The third-order valence-electron chi connectivity index (χ3n) is 4.25. The van der Waals surface area contributed by atoms with Crippen molar-refractivity contribution in [1.29, 1.82) is 0 Å². The maximum Gasteiger partial charge on any atom is 0.310 e. The summed E-state index contributed by atoms with van der Waals surface area (Å²) in [7, 11) is 1.48. The lowest BCUT2D eigenvalue weighted by Gasteiger charge is -2.18. The van der Waals surface area contributed by atoms with Crippen molar-refractivity contribution in [3.05, 3.63) is 53.1 Å². The molecule has 0 atom stereocenters. The van der Waals surface area contributed by atoms with Gasteiger partial charge in [0, 0.05) is 16.7 Å². The Morgan fingerprint density at radius 1 is 0.964 bits per heavy atom. The number of hydrogen-bond donors (Lipinski definition) is 0. The predicted octanol–water partition coefficient (Wildman–Crippen LogP) is 2.64. The fourth-order valence-corrected chi connectivity index (χ4v) is 2.79. The van der Waals surface area contributed by atoms with Crippen LogP contribution in [0.25, 0.3) is 0 Å². The highest BCUT2D eigenvalue weighted by Gasteiger charge is 2.17. The Bertz CT molecular complexity index is 917. The Labute approximate surface area is 162 Å². The van der Waals surface area contributed by atoms with E-state index < -0.39 is 12.6 Å². The van der Waals surface area contributed by atoms with Crippen LogP contribution in [0.5, 0.6) is 17.2 Å². The quantitative estimate of drug-likeness (QED) is 0.536. The van der Waals surface area contributed by atoms with Gasteiger partial charge in [-0.3, -0.25) is 14.4 Å². The molecule has 2 aromatic rings. The number of ketones is 2. The van der Waals surface area contributed by atoms with Crippen molar-refractivity contribution in [3.8, 4) is 17.2 Å². The van der Waals surface area contributed by atoms with E-state index in [1.54, 1.807) is 36.4 Å². The number of rotatable bonds is 7. The van der Waals surface area contributed by atoms with E-state index in [9.17, 15) is 14.4 Å². The third-order valence-corrected chi connectivity index (χ3v) is 4.25. The monoisotopic (exact) mass is 384 g/mol. The molecule has 0 amide bonds. The van der Waals surface area contributed by atoms with Crippen LogP contribution >= 0.6 is 0 Å². The molecule has 1 aliphatic rings. The van der Waals surface area contributed by atoms with E-state index >= 15 is 0 Å². The summed E-state index contributed by atoms with van der Waals surface area (Å²) in [4.78, 5) is 36.0. The molecular formula is C21H20O7. The minimum absolute atomic E-state index is 0.112. The minimum Gasteiger partial charge on any atom is -0.496 e. The summed E-state index contributed by atoms with van der Waals surface area (Å²) < 4.78 is 21.2. The first kappa shape index (κ1) is 19.4. The summed E-state index contributed by atoms with van der Waals surface area (Å²) >= 11 is 0.